The fourth-order valence-electron chi connectivity index (χ4n) is 1.56. The summed E-state index contributed by atoms with van der Waals surface area (Å²) in [6.07, 6.45) is 0.433. The summed E-state index contributed by atoms with van der Waals surface area (Å²) in [6, 6.07) is 6.82. The van der Waals surface area contributed by atoms with Crippen molar-refractivity contribution in [2.75, 3.05) is 18.5 Å². The molecule has 0 bridgehead atoms. The van der Waals surface area contributed by atoms with Crippen LogP contribution in [0.15, 0.2) is 24.3 Å². The maximum atomic E-state index is 11.7. The molecule has 6 nitrogen and oxygen atoms in total. The lowest BCUT2D eigenvalue weighted by Crippen LogP contribution is -2.30. The van der Waals surface area contributed by atoms with E-state index in [9.17, 15) is 9.59 Å². The molecular formula is C15H22N2O4. The summed E-state index contributed by atoms with van der Waals surface area (Å²) in [7, 11) is 0. The van der Waals surface area contributed by atoms with Crippen LogP contribution in [0.5, 0.6) is 5.75 Å². The van der Waals surface area contributed by atoms with Crippen LogP contribution >= 0.6 is 0 Å². The second-order valence-corrected chi connectivity index (χ2v) is 5.08. The first-order chi connectivity index (χ1) is 9.99. The molecule has 0 radical (unpaired) electrons. The number of nitrogens with one attached hydrogen (secondary N) is 2. The average molecular weight is 294 g/mol. The molecule has 1 aromatic carbocycles. The van der Waals surface area contributed by atoms with Gasteiger partial charge in [-0.25, -0.2) is 4.79 Å². The fourth-order valence-corrected chi connectivity index (χ4v) is 1.56. The van der Waals surface area contributed by atoms with E-state index in [0.717, 1.165) is 0 Å². The summed E-state index contributed by atoms with van der Waals surface area (Å²) in [5.74, 6) is 0.138. The Labute approximate surface area is 124 Å². The van der Waals surface area contributed by atoms with Gasteiger partial charge in [-0.2, -0.15) is 0 Å². The number of hydrogen-bond donors (Lipinski definition) is 3. The molecule has 1 rings (SSSR count). The van der Waals surface area contributed by atoms with Crippen LogP contribution in [0.3, 0.4) is 0 Å². The largest absolute Gasteiger partial charge is 0.491 e. The minimum absolute atomic E-state index is 0.0361. The highest BCUT2D eigenvalue weighted by Gasteiger charge is 2.08. The van der Waals surface area contributed by atoms with Crippen LogP contribution < -0.4 is 15.4 Å². The SMILES string of the molecule is CC(C)COc1ccccc1NC(=O)NCCCC(=O)O. The number of carbonyl (C=O) groups excluding carboxylic acids is 1. The maximum absolute atomic E-state index is 11.7. The third-order valence-corrected chi connectivity index (χ3v) is 2.56. The van der Waals surface area contributed by atoms with Crippen LogP contribution in [0.25, 0.3) is 0 Å². The molecule has 0 spiro atoms. The predicted octanol–water partition coefficient (Wildman–Crippen LogP) is 2.71. The van der Waals surface area contributed by atoms with Crippen molar-refractivity contribution in [3.63, 3.8) is 0 Å². The van der Waals surface area contributed by atoms with Gasteiger partial charge in [0.25, 0.3) is 0 Å². The number of carbonyl (C=O) groups is 2. The summed E-state index contributed by atoms with van der Waals surface area (Å²) < 4.78 is 5.64. The van der Waals surface area contributed by atoms with Gasteiger partial charge in [0, 0.05) is 13.0 Å². The quantitative estimate of drug-likeness (QED) is 0.643. The highest BCUT2D eigenvalue weighted by atomic mass is 16.5. The van der Waals surface area contributed by atoms with E-state index in [1.165, 1.54) is 0 Å². The number of hydrogen-bond acceptors (Lipinski definition) is 3. The molecule has 116 valence electrons. The normalized spacial score (nSPS) is 10.2. The monoisotopic (exact) mass is 294 g/mol. The van der Waals surface area contributed by atoms with Crippen LogP contribution in [0, 0.1) is 5.92 Å². The van der Waals surface area contributed by atoms with Gasteiger partial charge < -0.3 is 20.5 Å². The molecule has 0 aliphatic carbocycles. The number of carboxylic acid groups (broad SMARTS) is 1. The van der Waals surface area contributed by atoms with Gasteiger partial charge in [0.05, 0.1) is 12.3 Å². The average Bonchev–Trinajstić information content (AvgIpc) is 2.42. The molecule has 3 N–H and O–H groups in total. The van der Waals surface area contributed by atoms with E-state index < -0.39 is 5.97 Å². The van der Waals surface area contributed by atoms with E-state index in [0.29, 0.717) is 36.9 Å². The zero-order valence-electron chi connectivity index (χ0n) is 12.4. The molecule has 0 aliphatic rings. The molecule has 2 amide bonds. The van der Waals surface area contributed by atoms with Gasteiger partial charge in [0.15, 0.2) is 0 Å². The van der Waals surface area contributed by atoms with Gasteiger partial charge in [-0.15, -0.1) is 0 Å². The molecule has 0 atom stereocenters. The van der Waals surface area contributed by atoms with E-state index in [-0.39, 0.29) is 12.5 Å². The minimum atomic E-state index is -0.871. The fraction of sp³-hybridized carbons (Fsp3) is 0.467. The Kier molecular flexibility index (Phi) is 7.08. The molecule has 0 saturated carbocycles. The van der Waals surface area contributed by atoms with E-state index in [1.54, 1.807) is 12.1 Å². The molecule has 6 heteroatoms. The summed E-state index contributed by atoms with van der Waals surface area (Å²) in [4.78, 5) is 22.1. The molecule has 0 fully saturated rings. The van der Waals surface area contributed by atoms with Crippen molar-refractivity contribution in [2.45, 2.75) is 26.7 Å². The third-order valence-electron chi connectivity index (χ3n) is 2.56. The van der Waals surface area contributed by atoms with Crippen LogP contribution in [-0.2, 0) is 4.79 Å². The summed E-state index contributed by atoms with van der Waals surface area (Å²) in [5.41, 5.74) is 0.592. The highest BCUT2D eigenvalue weighted by Crippen LogP contribution is 2.24. The van der Waals surface area contributed by atoms with Crippen molar-refractivity contribution in [3.05, 3.63) is 24.3 Å². The number of rotatable bonds is 8. The topological polar surface area (TPSA) is 87.7 Å². The van der Waals surface area contributed by atoms with Crippen molar-refractivity contribution in [3.8, 4) is 5.75 Å². The Morgan fingerprint density at radius 2 is 2.00 bits per heavy atom. The maximum Gasteiger partial charge on any atom is 0.319 e. The second kappa shape index (κ2) is 8.84. The molecule has 0 unspecified atom stereocenters. The minimum Gasteiger partial charge on any atom is -0.491 e. The number of benzene rings is 1. The smallest absolute Gasteiger partial charge is 0.319 e. The third kappa shape index (κ3) is 7.20. The van der Waals surface area contributed by atoms with Crippen LogP contribution in [0.4, 0.5) is 10.5 Å². The Hall–Kier alpha value is -2.24. The Morgan fingerprint density at radius 1 is 1.29 bits per heavy atom. The molecule has 1 aromatic rings. The summed E-state index contributed by atoms with van der Waals surface area (Å²) in [6.45, 7) is 4.97. The second-order valence-electron chi connectivity index (χ2n) is 5.08. The van der Waals surface area contributed by atoms with E-state index in [2.05, 4.69) is 10.6 Å². The van der Waals surface area contributed by atoms with Gasteiger partial charge in [-0.1, -0.05) is 26.0 Å². The highest BCUT2D eigenvalue weighted by molar-refractivity contribution is 5.90. The van der Waals surface area contributed by atoms with Gasteiger partial charge in [0.1, 0.15) is 5.75 Å². The predicted molar refractivity (Wildman–Crippen MR) is 80.7 cm³/mol. The van der Waals surface area contributed by atoms with Gasteiger partial charge in [-0.05, 0) is 24.5 Å². The summed E-state index contributed by atoms with van der Waals surface area (Å²) in [5, 5.41) is 13.8. The number of anilines is 1. The lowest BCUT2D eigenvalue weighted by atomic mass is 10.2. The van der Waals surface area contributed by atoms with Crippen molar-refractivity contribution in [1.82, 2.24) is 5.32 Å². The molecule has 0 aromatic heterocycles. The lowest BCUT2D eigenvalue weighted by Gasteiger charge is -2.14. The number of para-hydroxylation sites is 2. The molecule has 21 heavy (non-hydrogen) atoms. The molecular weight excluding hydrogens is 272 g/mol. The molecule has 0 aliphatic heterocycles. The van der Waals surface area contributed by atoms with Crippen molar-refractivity contribution < 1.29 is 19.4 Å². The van der Waals surface area contributed by atoms with E-state index >= 15 is 0 Å². The van der Waals surface area contributed by atoms with Gasteiger partial charge in [-0.3, -0.25) is 4.79 Å². The van der Waals surface area contributed by atoms with Crippen molar-refractivity contribution >= 4 is 17.7 Å². The zero-order chi connectivity index (χ0) is 15.7. The Bertz CT molecular complexity index is 474. The number of carboxylic acids is 1. The Morgan fingerprint density at radius 3 is 2.67 bits per heavy atom. The van der Waals surface area contributed by atoms with Crippen molar-refractivity contribution in [1.29, 1.82) is 0 Å². The number of ether oxygens (including phenoxy) is 1. The first kappa shape index (κ1) is 16.8. The number of aliphatic carboxylic acids is 1. The first-order valence-electron chi connectivity index (χ1n) is 6.97. The Balaban J connectivity index is 2.46. The van der Waals surface area contributed by atoms with E-state index in [4.69, 9.17) is 9.84 Å². The van der Waals surface area contributed by atoms with E-state index in [1.807, 2.05) is 26.0 Å². The lowest BCUT2D eigenvalue weighted by molar-refractivity contribution is -0.137. The van der Waals surface area contributed by atoms with Crippen molar-refractivity contribution in [2.24, 2.45) is 5.92 Å². The van der Waals surface area contributed by atoms with Gasteiger partial charge in [0.2, 0.25) is 0 Å². The first-order valence-corrected chi connectivity index (χ1v) is 6.97. The number of amides is 2. The van der Waals surface area contributed by atoms with Crippen LogP contribution in [0.2, 0.25) is 0 Å². The van der Waals surface area contributed by atoms with Crippen LogP contribution in [0.1, 0.15) is 26.7 Å². The zero-order valence-corrected chi connectivity index (χ0v) is 12.4. The molecule has 0 heterocycles. The standard InChI is InChI=1S/C15H22N2O4/c1-11(2)10-21-13-7-4-3-6-12(13)17-15(20)16-9-5-8-14(18)19/h3-4,6-7,11H,5,8-10H2,1-2H3,(H,18,19)(H2,16,17,20). The molecule has 0 saturated heterocycles. The van der Waals surface area contributed by atoms with Gasteiger partial charge >= 0.3 is 12.0 Å². The number of urea groups is 1. The summed E-state index contributed by atoms with van der Waals surface area (Å²) >= 11 is 0. The van der Waals surface area contributed by atoms with Crippen LogP contribution in [-0.4, -0.2) is 30.3 Å².